The molecule has 0 radical (unpaired) electrons. The zero-order valence-electron chi connectivity index (χ0n) is 8.79. The number of piperazine rings is 1. The first-order chi connectivity index (χ1) is 6.74. The number of rotatable bonds is 2. The number of nitrogens with one attached hydrogen (secondary N) is 1. The molecule has 2 heterocycles. The van der Waals surface area contributed by atoms with Gasteiger partial charge in [-0.05, 0) is 14.0 Å². The Morgan fingerprint density at radius 3 is 3.21 bits per heavy atom. The van der Waals surface area contributed by atoms with Crippen molar-refractivity contribution >= 4 is 0 Å². The van der Waals surface area contributed by atoms with Crippen molar-refractivity contribution in [2.75, 3.05) is 26.7 Å². The minimum atomic E-state index is 0.501. The normalized spacial score (nSPS) is 24.0. The van der Waals surface area contributed by atoms with Crippen molar-refractivity contribution in [3.8, 4) is 0 Å². The smallest absolute Gasteiger partial charge is 0.138 e. The number of aromatic nitrogens is 1. The largest absolute Gasteiger partial charge is 0.361 e. The van der Waals surface area contributed by atoms with Crippen molar-refractivity contribution in [3.05, 3.63) is 17.5 Å². The van der Waals surface area contributed by atoms with Gasteiger partial charge in [0.25, 0.3) is 0 Å². The van der Waals surface area contributed by atoms with E-state index in [1.54, 1.807) is 0 Å². The van der Waals surface area contributed by atoms with E-state index >= 15 is 0 Å². The van der Waals surface area contributed by atoms with Crippen molar-refractivity contribution in [3.63, 3.8) is 0 Å². The first kappa shape index (κ1) is 9.68. The van der Waals surface area contributed by atoms with Crippen LogP contribution in [-0.2, 0) is 6.42 Å². The molecule has 1 aliphatic rings. The summed E-state index contributed by atoms with van der Waals surface area (Å²) in [5, 5.41) is 7.36. The van der Waals surface area contributed by atoms with Crippen LogP contribution in [0.1, 0.15) is 11.5 Å². The maximum atomic E-state index is 5.19. The lowest BCUT2D eigenvalue weighted by atomic mass is 10.1. The first-order valence-electron chi connectivity index (χ1n) is 5.08. The first-order valence-corrected chi connectivity index (χ1v) is 5.08. The van der Waals surface area contributed by atoms with Gasteiger partial charge >= 0.3 is 0 Å². The van der Waals surface area contributed by atoms with E-state index in [1.807, 2.05) is 13.0 Å². The molecule has 1 aromatic rings. The van der Waals surface area contributed by atoms with Crippen molar-refractivity contribution < 1.29 is 4.52 Å². The van der Waals surface area contributed by atoms with E-state index in [0.717, 1.165) is 37.5 Å². The summed E-state index contributed by atoms with van der Waals surface area (Å²) in [7, 11) is 2.15. The molecule has 1 N–H and O–H groups in total. The molecule has 0 aliphatic carbocycles. The summed E-state index contributed by atoms with van der Waals surface area (Å²) in [5.41, 5.74) is 0.962. The molecule has 0 spiro atoms. The molecule has 1 fully saturated rings. The van der Waals surface area contributed by atoms with Crippen LogP contribution in [0.25, 0.3) is 0 Å². The van der Waals surface area contributed by atoms with Crippen LogP contribution in [0, 0.1) is 6.92 Å². The molecular formula is C10H17N3O. The van der Waals surface area contributed by atoms with Crippen LogP contribution >= 0.6 is 0 Å². The molecule has 2 rings (SSSR count). The van der Waals surface area contributed by atoms with Crippen LogP contribution in [0.15, 0.2) is 10.6 Å². The number of aryl methyl sites for hydroxylation is 1. The summed E-state index contributed by atoms with van der Waals surface area (Å²) >= 11 is 0. The SMILES string of the molecule is Cc1cc(CC2CN(C)CCN2)on1. The maximum Gasteiger partial charge on any atom is 0.138 e. The van der Waals surface area contributed by atoms with Gasteiger partial charge in [0, 0.05) is 38.2 Å². The van der Waals surface area contributed by atoms with Crippen LogP contribution in [0.2, 0.25) is 0 Å². The Labute approximate surface area is 84.3 Å². The zero-order valence-corrected chi connectivity index (χ0v) is 8.79. The van der Waals surface area contributed by atoms with Gasteiger partial charge in [-0.15, -0.1) is 0 Å². The third-order valence-corrected chi connectivity index (χ3v) is 2.58. The van der Waals surface area contributed by atoms with Gasteiger partial charge in [-0.1, -0.05) is 5.16 Å². The van der Waals surface area contributed by atoms with Gasteiger partial charge in [-0.3, -0.25) is 0 Å². The fourth-order valence-electron chi connectivity index (χ4n) is 1.88. The van der Waals surface area contributed by atoms with Crippen LogP contribution in [-0.4, -0.2) is 42.8 Å². The minimum Gasteiger partial charge on any atom is -0.361 e. The summed E-state index contributed by atoms with van der Waals surface area (Å²) in [6.45, 7) is 5.23. The summed E-state index contributed by atoms with van der Waals surface area (Å²) < 4.78 is 5.19. The molecular weight excluding hydrogens is 178 g/mol. The molecule has 4 nitrogen and oxygen atoms in total. The van der Waals surface area contributed by atoms with Crippen molar-refractivity contribution in [1.29, 1.82) is 0 Å². The zero-order chi connectivity index (χ0) is 9.97. The Kier molecular flexibility index (Phi) is 2.84. The highest BCUT2D eigenvalue weighted by molar-refractivity contribution is 5.05. The summed E-state index contributed by atoms with van der Waals surface area (Å²) in [6.07, 6.45) is 0.936. The third-order valence-electron chi connectivity index (χ3n) is 2.58. The molecule has 0 amide bonds. The Morgan fingerprint density at radius 1 is 1.71 bits per heavy atom. The fourth-order valence-corrected chi connectivity index (χ4v) is 1.88. The number of nitrogens with zero attached hydrogens (tertiary/aromatic N) is 2. The van der Waals surface area contributed by atoms with Crippen LogP contribution < -0.4 is 5.32 Å². The summed E-state index contributed by atoms with van der Waals surface area (Å²) in [6, 6.07) is 2.51. The molecule has 1 unspecified atom stereocenters. The van der Waals surface area contributed by atoms with Gasteiger partial charge in [0.1, 0.15) is 5.76 Å². The Bertz CT molecular complexity index is 297. The third kappa shape index (κ3) is 2.33. The van der Waals surface area contributed by atoms with Gasteiger partial charge < -0.3 is 14.7 Å². The predicted octanol–water partition coefficient (Wildman–Crippen LogP) is 0.429. The fraction of sp³-hybridized carbons (Fsp3) is 0.700. The van der Waals surface area contributed by atoms with Gasteiger partial charge in [0.2, 0.25) is 0 Å². The monoisotopic (exact) mass is 195 g/mol. The van der Waals surface area contributed by atoms with Crippen LogP contribution in [0.5, 0.6) is 0 Å². The number of hydrogen-bond acceptors (Lipinski definition) is 4. The molecule has 0 aromatic carbocycles. The van der Waals surface area contributed by atoms with Crippen molar-refractivity contribution in [2.45, 2.75) is 19.4 Å². The lowest BCUT2D eigenvalue weighted by Crippen LogP contribution is -2.49. The second-order valence-electron chi connectivity index (χ2n) is 4.05. The standard InChI is InChI=1S/C10H17N3O/c1-8-5-10(14-12-8)6-9-7-13(2)4-3-11-9/h5,9,11H,3-4,6-7H2,1-2H3. The molecule has 78 valence electrons. The topological polar surface area (TPSA) is 41.3 Å². The molecule has 4 heteroatoms. The highest BCUT2D eigenvalue weighted by atomic mass is 16.5. The van der Waals surface area contributed by atoms with E-state index in [0.29, 0.717) is 6.04 Å². The Morgan fingerprint density at radius 2 is 2.57 bits per heavy atom. The van der Waals surface area contributed by atoms with E-state index in [9.17, 15) is 0 Å². The average molecular weight is 195 g/mol. The number of likely N-dealkylation sites (N-methyl/N-ethyl adjacent to an activating group) is 1. The van der Waals surface area contributed by atoms with Crippen LogP contribution in [0.4, 0.5) is 0 Å². The van der Waals surface area contributed by atoms with E-state index in [4.69, 9.17) is 4.52 Å². The lowest BCUT2D eigenvalue weighted by Gasteiger charge is -2.30. The Balaban J connectivity index is 1.90. The van der Waals surface area contributed by atoms with E-state index in [2.05, 4.69) is 22.4 Å². The van der Waals surface area contributed by atoms with E-state index in [-0.39, 0.29) is 0 Å². The molecule has 14 heavy (non-hydrogen) atoms. The molecule has 1 aromatic heterocycles. The van der Waals surface area contributed by atoms with Crippen molar-refractivity contribution in [2.24, 2.45) is 0 Å². The van der Waals surface area contributed by atoms with E-state index < -0.39 is 0 Å². The van der Waals surface area contributed by atoms with E-state index in [1.165, 1.54) is 0 Å². The second kappa shape index (κ2) is 4.11. The molecule has 1 aliphatic heterocycles. The summed E-state index contributed by atoms with van der Waals surface area (Å²) in [4.78, 5) is 2.34. The minimum absolute atomic E-state index is 0.501. The van der Waals surface area contributed by atoms with Gasteiger partial charge in [0.15, 0.2) is 0 Å². The average Bonchev–Trinajstić information content (AvgIpc) is 2.51. The van der Waals surface area contributed by atoms with Gasteiger partial charge in [-0.25, -0.2) is 0 Å². The van der Waals surface area contributed by atoms with Gasteiger partial charge in [0.05, 0.1) is 5.69 Å². The molecule has 1 saturated heterocycles. The van der Waals surface area contributed by atoms with Gasteiger partial charge in [-0.2, -0.15) is 0 Å². The molecule has 1 atom stereocenters. The molecule has 0 saturated carbocycles. The highest BCUT2D eigenvalue weighted by Gasteiger charge is 2.18. The quantitative estimate of drug-likeness (QED) is 0.743. The van der Waals surface area contributed by atoms with Crippen LogP contribution in [0.3, 0.4) is 0 Å². The lowest BCUT2D eigenvalue weighted by molar-refractivity contribution is 0.229. The molecule has 0 bridgehead atoms. The number of hydrogen-bond donors (Lipinski definition) is 1. The predicted molar refractivity (Wildman–Crippen MR) is 54.2 cm³/mol. The Hall–Kier alpha value is -0.870. The highest BCUT2D eigenvalue weighted by Crippen LogP contribution is 2.07. The maximum absolute atomic E-state index is 5.19. The second-order valence-corrected chi connectivity index (χ2v) is 4.05. The summed E-state index contributed by atoms with van der Waals surface area (Å²) in [5.74, 6) is 0.982. The van der Waals surface area contributed by atoms with Crippen molar-refractivity contribution in [1.82, 2.24) is 15.4 Å².